The summed E-state index contributed by atoms with van der Waals surface area (Å²) in [5, 5.41) is 3.77. The first-order valence-corrected chi connectivity index (χ1v) is 10.1. The summed E-state index contributed by atoms with van der Waals surface area (Å²) >= 11 is 0. The lowest BCUT2D eigenvalue weighted by Gasteiger charge is -2.16. The number of nitrogens with one attached hydrogen (secondary N) is 1. The fourth-order valence-electron chi connectivity index (χ4n) is 3.57. The van der Waals surface area contributed by atoms with Crippen LogP contribution in [-0.2, 0) is 22.5 Å². The number of para-hydroxylation sites is 1. The van der Waals surface area contributed by atoms with Gasteiger partial charge in [-0.15, -0.1) is 0 Å². The molecule has 5 nitrogen and oxygen atoms in total. The summed E-state index contributed by atoms with van der Waals surface area (Å²) in [6, 6.07) is 16.8. The zero-order chi connectivity index (χ0) is 20.6. The van der Waals surface area contributed by atoms with Crippen LogP contribution in [-0.4, -0.2) is 29.6 Å². The molecule has 3 aromatic rings. The standard InChI is InChI=1S/C24H28N2O3/c1-3-4-10-15-26-17-20(19-13-8-9-14-22(19)26)23(27)25-21(24(28)29-2)16-18-11-6-5-7-12-18/h5-9,11-14,17,21H,3-4,10,15-16H2,1-2H3,(H,25,27). The number of fused-ring (bicyclic) bond motifs is 1. The van der Waals surface area contributed by atoms with E-state index in [4.69, 9.17) is 4.74 Å². The van der Waals surface area contributed by atoms with Crippen molar-refractivity contribution in [3.63, 3.8) is 0 Å². The Kier molecular flexibility index (Phi) is 7.06. The molecule has 1 unspecified atom stereocenters. The van der Waals surface area contributed by atoms with Crippen LogP contribution in [0.15, 0.2) is 60.8 Å². The lowest BCUT2D eigenvalue weighted by atomic mass is 10.1. The highest BCUT2D eigenvalue weighted by atomic mass is 16.5. The monoisotopic (exact) mass is 392 g/mol. The number of aryl methyl sites for hydroxylation is 1. The molecule has 0 spiro atoms. The Bertz CT molecular complexity index is 963. The van der Waals surface area contributed by atoms with Crippen molar-refractivity contribution in [2.24, 2.45) is 0 Å². The number of unbranched alkanes of at least 4 members (excludes halogenated alkanes) is 2. The van der Waals surface area contributed by atoms with Gasteiger partial charge in [0.1, 0.15) is 6.04 Å². The van der Waals surface area contributed by atoms with Crippen molar-refractivity contribution < 1.29 is 14.3 Å². The molecule has 1 aromatic heterocycles. The Morgan fingerprint density at radius 3 is 2.48 bits per heavy atom. The molecule has 1 amide bonds. The zero-order valence-corrected chi connectivity index (χ0v) is 17.1. The van der Waals surface area contributed by atoms with Crippen LogP contribution >= 0.6 is 0 Å². The highest BCUT2D eigenvalue weighted by Crippen LogP contribution is 2.22. The molecule has 0 fully saturated rings. The summed E-state index contributed by atoms with van der Waals surface area (Å²) in [5.41, 5.74) is 2.58. The molecule has 1 N–H and O–H groups in total. The van der Waals surface area contributed by atoms with Crippen LogP contribution < -0.4 is 5.32 Å². The number of nitrogens with zero attached hydrogens (tertiary/aromatic N) is 1. The largest absolute Gasteiger partial charge is 0.467 e. The quantitative estimate of drug-likeness (QED) is 0.435. The molecule has 3 rings (SSSR count). The Balaban J connectivity index is 1.84. The maximum Gasteiger partial charge on any atom is 0.328 e. The second-order valence-electron chi connectivity index (χ2n) is 7.20. The third-order valence-electron chi connectivity index (χ3n) is 5.11. The van der Waals surface area contributed by atoms with E-state index >= 15 is 0 Å². The van der Waals surface area contributed by atoms with E-state index in [2.05, 4.69) is 16.8 Å². The molecule has 0 aliphatic rings. The smallest absolute Gasteiger partial charge is 0.328 e. The van der Waals surface area contributed by atoms with Gasteiger partial charge in [-0.2, -0.15) is 0 Å². The molecule has 0 radical (unpaired) electrons. The van der Waals surface area contributed by atoms with Crippen molar-refractivity contribution >= 4 is 22.8 Å². The summed E-state index contributed by atoms with van der Waals surface area (Å²) in [5.74, 6) is -0.712. The van der Waals surface area contributed by atoms with Crippen LogP contribution in [0, 0.1) is 0 Å². The van der Waals surface area contributed by atoms with Gasteiger partial charge in [-0.1, -0.05) is 68.3 Å². The fraction of sp³-hybridized carbons (Fsp3) is 0.333. The summed E-state index contributed by atoms with van der Waals surface area (Å²) in [4.78, 5) is 25.4. The van der Waals surface area contributed by atoms with Crippen molar-refractivity contribution in [1.82, 2.24) is 9.88 Å². The van der Waals surface area contributed by atoms with Crippen molar-refractivity contribution in [2.75, 3.05) is 7.11 Å². The molecule has 0 saturated heterocycles. The molecule has 1 heterocycles. The van der Waals surface area contributed by atoms with E-state index in [1.807, 2.05) is 60.8 Å². The van der Waals surface area contributed by atoms with Crippen molar-refractivity contribution in [3.05, 3.63) is 71.9 Å². The average Bonchev–Trinajstić information content (AvgIpc) is 3.12. The minimum atomic E-state index is -0.739. The molecule has 0 bridgehead atoms. The molecule has 0 saturated carbocycles. The van der Waals surface area contributed by atoms with Gasteiger partial charge >= 0.3 is 5.97 Å². The van der Waals surface area contributed by atoms with Crippen molar-refractivity contribution in [1.29, 1.82) is 0 Å². The van der Waals surface area contributed by atoms with Gasteiger partial charge in [-0.25, -0.2) is 4.79 Å². The topological polar surface area (TPSA) is 60.3 Å². The van der Waals surface area contributed by atoms with Crippen LogP contribution in [0.3, 0.4) is 0 Å². The summed E-state index contributed by atoms with van der Waals surface area (Å²) in [6.45, 7) is 3.04. The van der Waals surface area contributed by atoms with E-state index in [-0.39, 0.29) is 5.91 Å². The number of rotatable bonds is 9. The van der Waals surface area contributed by atoms with Crippen LogP contribution in [0.4, 0.5) is 0 Å². The number of methoxy groups -OCH3 is 1. The summed E-state index contributed by atoms with van der Waals surface area (Å²) < 4.78 is 7.05. The van der Waals surface area contributed by atoms with Crippen LogP contribution in [0.5, 0.6) is 0 Å². The number of benzene rings is 2. The van der Waals surface area contributed by atoms with Gasteiger partial charge < -0.3 is 14.6 Å². The second kappa shape index (κ2) is 9.92. The highest BCUT2D eigenvalue weighted by Gasteiger charge is 2.24. The van der Waals surface area contributed by atoms with E-state index in [9.17, 15) is 9.59 Å². The Hall–Kier alpha value is -3.08. The lowest BCUT2D eigenvalue weighted by Crippen LogP contribution is -2.43. The Labute approximate surface area is 171 Å². The maximum absolute atomic E-state index is 13.1. The first kappa shape index (κ1) is 20.6. The predicted molar refractivity (Wildman–Crippen MR) is 115 cm³/mol. The van der Waals surface area contributed by atoms with Crippen LogP contribution in [0.25, 0.3) is 10.9 Å². The fourth-order valence-corrected chi connectivity index (χ4v) is 3.57. The molecule has 0 aliphatic heterocycles. The molecule has 0 aliphatic carbocycles. The summed E-state index contributed by atoms with van der Waals surface area (Å²) in [6.07, 6.45) is 5.64. The Morgan fingerprint density at radius 2 is 1.76 bits per heavy atom. The number of carbonyl (C=O) groups excluding carboxylic acids is 2. The van der Waals surface area contributed by atoms with E-state index < -0.39 is 12.0 Å². The minimum Gasteiger partial charge on any atom is -0.467 e. The first-order valence-electron chi connectivity index (χ1n) is 10.1. The number of amides is 1. The number of ether oxygens (including phenoxy) is 1. The molecular formula is C24H28N2O3. The minimum absolute atomic E-state index is 0.262. The van der Waals surface area contributed by atoms with E-state index in [1.54, 1.807) is 0 Å². The van der Waals surface area contributed by atoms with Gasteiger partial charge in [0.25, 0.3) is 5.91 Å². The normalized spacial score (nSPS) is 11.9. The number of carbonyl (C=O) groups is 2. The highest BCUT2D eigenvalue weighted by molar-refractivity contribution is 6.08. The third kappa shape index (κ3) is 5.05. The van der Waals surface area contributed by atoms with Gasteiger partial charge in [0.05, 0.1) is 12.7 Å². The second-order valence-corrected chi connectivity index (χ2v) is 7.20. The van der Waals surface area contributed by atoms with Gasteiger partial charge in [-0.05, 0) is 18.1 Å². The van der Waals surface area contributed by atoms with Crippen molar-refractivity contribution in [3.8, 4) is 0 Å². The molecule has 29 heavy (non-hydrogen) atoms. The SMILES string of the molecule is CCCCCn1cc(C(=O)NC(Cc2ccccc2)C(=O)OC)c2ccccc21. The van der Waals surface area contributed by atoms with Crippen LogP contribution in [0.2, 0.25) is 0 Å². The summed E-state index contributed by atoms with van der Waals surface area (Å²) in [7, 11) is 1.34. The first-order chi connectivity index (χ1) is 14.1. The maximum atomic E-state index is 13.1. The number of hydrogen-bond donors (Lipinski definition) is 1. The Morgan fingerprint density at radius 1 is 1.03 bits per heavy atom. The van der Waals surface area contributed by atoms with Gasteiger partial charge in [0, 0.05) is 30.1 Å². The van der Waals surface area contributed by atoms with Crippen LogP contribution in [0.1, 0.15) is 42.1 Å². The molecular weight excluding hydrogens is 364 g/mol. The zero-order valence-electron chi connectivity index (χ0n) is 17.1. The number of hydrogen-bond acceptors (Lipinski definition) is 3. The molecule has 1 atom stereocenters. The molecule has 152 valence electrons. The van der Waals surface area contributed by atoms with Gasteiger partial charge in [0.15, 0.2) is 0 Å². The predicted octanol–water partition coefficient (Wildman–Crippen LogP) is 4.35. The van der Waals surface area contributed by atoms with E-state index in [1.165, 1.54) is 7.11 Å². The number of aromatic nitrogens is 1. The number of esters is 1. The molecule has 2 aromatic carbocycles. The van der Waals surface area contributed by atoms with Crippen molar-refractivity contribution in [2.45, 2.75) is 45.2 Å². The lowest BCUT2D eigenvalue weighted by molar-refractivity contribution is -0.142. The average molecular weight is 392 g/mol. The van der Waals surface area contributed by atoms with E-state index in [0.29, 0.717) is 12.0 Å². The third-order valence-corrected chi connectivity index (χ3v) is 5.11. The van der Waals surface area contributed by atoms with Gasteiger partial charge in [-0.3, -0.25) is 4.79 Å². The van der Waals surface area contributed by atoms with E-state index in [0.717, 1.165) is 42.3 Å². The molecule has 5 heteroatoms. The van der Waals surface area contributed by atoms with Gasteiger partial charge in [0.2, 0.25) is 0 Å².